The number of nitrogens with one attached hydrogen (secondary N) is 3. The summed E-state index contributed by atoms with van der Waals surface area (Å²) in [4.78, 5) is 27.9. The van der Waals surface area contributed by atoms with Crippen LogP contribution in [0.5, 0.6) is 0 Å². The van der Waals surface area contributed by atoms with Gasteiger partial charge in [-0.05, 0) is 43.3 Å². The van der Waals surface area contributed by atoms with Gasteiger partial charge in [-0.1, -0.05) is 18.2 Å². The SMILES string of the molecule is C[C@H](C(=O)Nc1ccccc1)[NH+](C)CC(=O)Nc1ccc(N2CCOCC2)cc1. The Kier molecular flexibility index (Phi) is 7.21. The van der Waals surface area contributed by atoms with Gasteiger partial charge in [-0.3, -0.25) is 9.59 Å². The second-order valence-corrected chi connectivity index (χ2v) is 7.29. The van der Waals surface area contributed by atoms with Crippen LogP contribution in [0.2, 0.25) is 0 Å². The first-order valence-corrected chi connectivity index (χ1v) is 9.94. The van der Waals surface area contributed by atoms with E-state index in [1.54, 1.807) is 0 Å². The number of anilines is 3. The quantitative estimate of drug-likeness (QED) is 0.652. The molecule has 0 aliphatic carbocycles. The fourth-order valence-corrected chi connectivity index (χ4v) is 3.18. The molecule has 0 spiro atoms. The molecule has 7 nitrogen and oxygen atoms in total. The Morgan fingerprint density at radius 1 is 1.00 bits per heavy atom. The Morgan fingerprint density at radius 3 is 2.28 bits per heavy atom. The molecule has 0 radical (unpaired) electrons. The Balaban J connectivity index is 1.48. The van der Waals surface area contributed by atoms with Crippen LogP contribution in [0.3, 0.4) is 0 Å². The standard InChI is InChI=1S/C22H28N4O3/c1-17(22(28)24-18-6-4-3-5-7-18)25(2)16-21(27)23-19-8-10-20(11-9-19)26-12-14-29-15-13-26/h3-11,17H,12-16H2,1-2H3,(H,23,27)(H,24,28)/p+1/t17-/m1/s1. The number of morpholine rings is 1. The third-order valence-electron chi connectivity index (χ3n) is 5.14. The molecule has 2 aromatic carbocycles. The summed E-state index contributed by atoms with van der Waals surface area (Å²) in [6.45, 7) is 5.26. The number of hydrogen-bond donors (Lipinski definition) is 3. The largest absolute Gasteiger partial charge is 0.378 e. The van der Waals surface area contributed by atoms with Gasteiger partial charge in [0.2, 0.25) is 0 Å². The van der Waals surface area contributed by atoms with E-state index in [4.69, 9.17) is 4.74 Å². The smallest absolute Gasteiger partial charge is 0.282 e. The maximum absolute atomic E-state index is 12.4. The Morgan fingerprint density at radius 2 is 1.62 bits per heavy atom. The highest BCUT2D eigenvalue weighted by molar-refractivity contribution is 5.94. The van der Waals surface area contributed by atoms with Crippen LogP contribution in [0.15, 0.2) is 54.6 Å². The molecule has 1 saturated heterocycles. The molecule has 7 heteroatoms. The molecule has 2 atom stereocenters. The van der Waals surface area contributed by atoms with Crippen LogP contribution < -0.4 is 20.4 Å². The number of benzene rings is 2. The lowest BCUT2D eigenvalue weighted by molar-refractivity contribution is -0.885. The Bertz CT molecular complexity index is 805. The van der Waals surface area contributed by atoms with E-state index < -0.39 is 0 Å². The van der Waals surface area contributed by atoms with E-state index in [9.17, 15) is 9.59 Å². The van der Waals surface area contributed by atoms with E-state index in [2.05, 4.69) is 15.5 Å². The number of rotatable bonds is 7. The lowest BCUT2D eigenvalue weighted by Crippen LogP contribution is -3.14. The second kappa shape index (κ2) is 10.0. The summed E-state index contributed by atoms with van der Waals surface area (Å²) in [5.41, 5.74) is 2.63. The molecule has 1 fully saturated rings. The second-order valence-electron chi connectivity index (χ2n) is 7.29. The maximum Gasteiger partial charge on any atom is 0.282 e. The number of para-hydroxylation sites is 1. The topological polar surface area (TPSA) is 75.1 Å². The molecule has 0 aromatic heterocycles. The monoisotopic (exact) mass is 397 g/mol. The molecule has 1 unspecified atom stereocenters. The zero-order valence-electron chi connectivity index (χ0n) is 17.0. The van der Waals surface area contributed by atoms with Crippen molar-refractivity contribution >= 4 is 28.9 Å². The highest BCUT2D eigenvalue weighted by atomic mass is 16.5. The molecule has 29 heavy (non-hydrogen) atoms. The van der Waals surface area contributed by atoms with Crippen molar-refractivity contribution in [2.75, 3.05) is 55.4 Å². The van der Waals surface area contributed by atoms with Crippen LogP contribution in [-0.2, 0) is 14.3 Å². The van der Waals surface area contributed by atoms with Gasteiger partial charge in [0.25, 0.3) is 11.8 Å². The number of nitrogens with zero attached hydrogens (tertiary/aromatic N) is 1. The summed E-state index contributed by atoms with van der Waals surface area (Å²) in [6.07, 6.45) is 0. The van der Waals surface area contributed by atoms with Crippen molar-refractivity contribution in [3.05, 3.63) is 54.6 Å². The zero-order chi connectivity index (χ0) is 20.6. The highest BCUT2D eigenvalue weighted by Crippen LogP contribution is 2.18. The minimum Gasteiger partial charge on any atom is -0.378 e. The molecule has 2 amide bonds. The van der Waals surface area contributed by atoms with Gasteiger partial charge < -0.3 is 25.2 Å². The minimum atomic E-state index is -0.357. The predicted octanol–water partition coefficient (Wildman–Crippen LogP) is 1.00. The van der Waals surface area contributed by atoms with Crippen molar-refractivity contribution in [2.45, 2.75) is 13.0 Å². The molecule has 0 bridgehead atoms. The summed E-state index contributed by atoms with van der Waals surface area (Å²) >= 11 is 0. The minimum absolute atomic E-state index is 0.114. The number of likely N-dealkylation sites (N-methyl/N-ethyl adjacent to an activating group) is 1. The van der Waals surface area contributed by atoms with Gasteiger partial charge >= 0.3 is 0 Å². The summed E-state index contributed by atoms with van der Waals surface area (Å²) < 4.78 is 5.37. The number of hydrogen-bond acceptors (Lipinski definition) is 4. The Labute approximate surface area is 171 Å². The summed E-state index contributed by atoms with van der Waals surface area (Å²) in [6, 6.07) is 16.8. The van der Waals surface area contributed by atoms with Gasteiger partial charge in [0, 0.05) is 30.2 Å². The van der Waals surface area contributed by atoms with E-state index in [-0.39, 0.29) is 24.4 Å². The third kappa shape index (κ3) is 6.04. The Hall–Kier alpha value is -2.90. The van der Waals surface area contributed by atoms with E-state index in [0.29, 0.717) is 0 Å². The van der Waals surface area contributed by atoms with Crippen molar-refractivity contribution in [1.82, 2.24) is 0 Å². The average Bonchev–Trinajstić information content (AvgIpc) is 2.75. The average molecular weight is 397 g/mol. The number of carbonyl (C=O) groups excluding carboxylic acids is 2. The van der Waals surface area contributed by atoms with Crippen molar-refractivity contribution in [2.24, 2.45) is 0 Å². The normalized spacial score (nSPS) is 16.0. The highest BCUT2D eigenvalue weighted by Gasteiger charge is 2.24. The summed E-state index contributed by atoms with van der Waals surface area (Å²) in [5.74, 6) is -0.239. The van der Waals surface area contributed by atoms with Gasteiger partial charge in [0.15, 0.2) is 12.6 Å². The van der Waals surface area contributed by atoms with E-state index in [1.807, 2.05) is 68.6 Å². The molecule has 0 saturated carbocycles. The van der Waals surface area contributed by atoms with Crippen LogP contribution in [0.1, 0.15) is 6.92 Å². The van der Waals surface area contributed by atoms with Crippen LogP contribution in [0, 0.1) is 0 Å². The number of quaternary nitrogens is 1. The third-order valence-corrected chi connectivity index (χ3v) is 5.14. The predicted molar refractivity (Wildman–Crippen MR) is 114 cm³/mol. The molecule has 1 heterocycles. The van der Waals surface area contributed by atoms with E-state index in [1.165, 1.54) is 0 Å². The summed E-state index contributed by atoms with van der Waals surface area (Å²) in [5, 5.41) is 5.79. The van der Waals surface area contributed by atoms with Crippen molar-refractivity contribution in [3.8, 4) is 0 Å². The molecular formula is C22H29N4O3+. The van der Waals surface area contributed by atoms with Gasteiger partial charge in [0.05, 0.1) is 20.3 Å². The number of ether oxygens (including phenoxy) is 1. The molecule has 3 rings (SSSR count). The van der Waals surface area contributed by atoms with Crippen LogP contribution >= 0.6 is 0 Å². The fourth-order valence-electron chi connectivity index (χ4n) is 3.18. The van der Waals surface area contributed by atoms with E-state index >= 15 is 0 Å². The van der Waals surface area contributed by atoms with Gasteiger partial charge in [0.1, 0.15) is 0 Å². The molecule has 1 aliphatic rings. The lowest BCUT2D eigenvalue weighted by Gasteiger charge is -2.28. The first-order chi connectivity index (χ1) is 14.0. The van der Waals surface area contributed by atoms with Gasteiger partial charge in [-0.25, -0.2) is 0 Å². The first-order valence-electron chi connectivity index (χ1n) is 9.94. The first kappa shape index (κ1) is 20.8. The van der Waals surface area contributed by atoms with Crippen LogP contribution in [0.4, 0.5) is 17.1 Å². The fraction of sp³-hybridized carbons (Fsp3) is 0.364. The molecule has 154 valence electrons. The van der Waals surface area contributed by atoms with Crippen LogP contribution in [0.25, 0.3) is 0 Å². The van der Waals surface area contributed by atoms with Crippen molar-refractivity contribution < 1.29 is 19.2 Å². The maximum atomic E-state index is 12.4. The zero-order valence-corrected chi connectivity index (χ0v) is 17.0. The van der Waals surface area contributed by atoms with Crippen LogP contribution in [-0.4, -0.2) is 57.8 Å². The molecule has 3 N–H and O–H groups in total. The molecule has 2 aromatic rings. The molecule has 1 aliphatic heterocycles. The number of amides is 2. The lowest BCUT2D eigenvalue weighted by atomic mass is 10.2. The van der Waals surface area contributed by atoms with Crippen molar-refractivity contribution in [3.63, 3.8) is 0 Å². The molecular weight excluding hydrogens is 368 g/mol. The van der Waals surface area contributed by atoms with Gasteiger partial charge in [-0.15, -0.1) is 0 Å². The van der Waals surface area contributed by atoms with Gasteiger partial charge in [-0.2, -0.15) is 0 Å². The van der Waals surface area contributed by atoms with Crippen molar-refractivity contribution in [1.29, 1.82) is 0 Å². The number of carbonyl (C=O) groups is 2. The van der Waals surface area contributed by atoms with E-state index in [0.717, 1.165) is 48.3 Å². The summed E-state index contributed by atoms with van der Waals surface area (Å²) in [7, 11) is 1.84.